The van der Waals surface area contributed by atoms with Gasteiger partial charge in [0.1, 0.15) is 0 Å². The summed E-state index contributed by atoms with van der Waals surface area (Å²) in [4.78, 5) is 38.6. The van der Waals surface area contributed by atoms with Crippen LogP contribution in [0.25, 0.3) is 0 Å². The molecule has 2 amide bonds. The van der Waals surface area contributed by atoms with Crippen molar-refractivity contribution in [3.05, 3.63) is 0 Å². The second kappa shape index (κ2) is 8.50. The molecular formula is C16H28N4O3S. The topological polar surface area (TPSA) is 90.9 Å². The van der Waals surface area contributed by atoms with E-state index in [9.17, 15) is 14.4 Å². The van der Waals surface area contributed by atoms with Gasteiger partial charge in [0.25, 0.3) is 0 Å². The Kier molecular flexibility index (Phi) is 7.26. The number of hydrogen-bond donors (Lipinski definition) is 2. The molecule has 2 N–H and O–H groups in total. The molecule has 0 aromatic heterocycles. The average Bonchev–Trinajstić information content (AvgIpc) is 2.87. The van der Waals surface area contributed by atoms with Crippen LogP contribution in [0.3, 0.4) is 0 Å². The number of carbonyl (C=O) groups is 3. The molecule has 0 saturated carbocycles. The van der Waals surface area contributed by atoms with E-state index in [1.54, 1.807) is 20.8 Å². The lowest BCUT2D eigenvalue weighted by atomic mass is 9.93. The molecular weight excluding hydrogens is 328 g/mol. The van der Waals surface area contributed by atoms with Crippen LogP contribution in [0.2, 0.25) is 0 Å². The third-order valence-corrected chi connectivity index (χ3v) is 4.52. The quantitative estimate of drug-likeness (QED) is 0.551. The fourth-order valence-corrected chi connectivity index (χ4v) is 2.96. The maximum atomic E-state index is 12.4. The summed E-state index contributed by atoms with van der Waals surface area (Å²) in [6.45, 7) is 10.0. The number of carbonyl (C=O) groups excluding carboxylic acids is 3. The molecule has 1 rings (SSSR count). The summed E-state index contributed by atoms with van der Waals surface area (Å²) >= 11 is 1.52. The molecule has 1 aliphatic rings. The Bertz CT molecular complexity index is 526. The van der Waals surface area contributed by atoms with Crippen LogP contribution >= 0.6 is 11.8 Å². The van der Waals surface area contributed by atoms with Gasteiger partial charge >= 0.3 is 5.91 Å². The Balaban J connectivity index is 2.75. The van der Waals surface area contributed by atoms with Crippen molar-refractivity contribution < 1.29 is 14.4 Å². The van der Waals surface area contributed by atoms with E-state index >= 15 is 0 Å². The number of nitrogens with one attached hydrogen (secondary N) is 2. The van der Waals surface area contributed by atoms with E-state index in [2.05, 4.69) is 15.8 Å². The average molecular weight is 356 g/mol. The van der Waals surface area contributed by atoms with Gasteiger partial charge in [0, 0.05) is 24.8 Å². The number of amides is 2. The summed E-state index contributed by atoms with van der Waals surface area (Å²) in [6, 6.07) is -0.842. The van der Waals surface area contributed by atoms with Crippen LogP contribution in [-0.4, -0.2) is 53.1 Å². The van der Waals surface area contributed by atoms with Crippen molar-refractivity contribution in [2.75, 3.05) is 19.3 Å². The molecule has 136 valence electrons. The van der Waals surface area contributed by atoms with Crippen LogP contribution < -0.4 is 10.7 Å². The van der Waals surface area contributed by atoms with E-state index in [-0.39, 0.29) is 11.8 Å². The normalized spacial score (nSPS) is 18.0. The summed E-state index contributed by atoms with van der Waals surface area (Å²) in [5.41, 5.74) is 1.68. The lowest BCUT2D eigenvalue weighted by Crippen LogP contribution is -2.50. The van der Waals surface area contributed by atoms with E-state index in [0.29, 0.717) is 11.6 Å². The highest BCUT2D eigenvalue weighted by molar-refractivity contribution is 8.14. The number of hydrazone groups is 1. The first kappa shape index (κ1) is 20.5. The smallest absolute Gasteiger partial charge is 0.309 e. The van der Waals surface area contributed by atoms with Crippen molar-refractivity contribution >= 4 is 34.5 Å². The zero-order chi connectivity index (χ0) is 18.5. The molecule has 0 spiro atoms. The highest BCUT2D eigenvalue weighted by Crippen LogP contribution is 2.16. The predicted octanol–water partition coefficient (Wildman–Crippen LogP) is 1.20. The molecule has 0 aromatic rings. The van der Waals surface area contributed by atoms with E-state index in [1.165, 1.54) is 11.8 Å². The van der Waals surface area contributed by atoms with Gasteiger partial charge in [-0.2, -0.15) is 0 Å². The molecule has 1 atom stereocenters. The number of hydrogen-bond acceptors (Lipinski definition) is 5. The first-order valence-electron chi connectivity index (χ1n) is 8.09. The SMILES string of the molecule is CC(C)C[C@H](NC(=O)C(C)(C)C)C(=O)C(=O)NN=C1SCCN1C. The summed E-state index contributed by atoms with van der Waals surface area (Å²) in [5.74, 6) is -0.669. The van der Waals surface area contributed by atoms with Crippen LogP contribution in [0.5, 0.6) is 0 Å². The molecule has 0 radical (unpaired) electrons. The number of nitrogens with zero attached hydrogens (tertiary/aromatic N) is 2. The largest absolute Gasteiger partial charge is 0.352 e. The minimum atomic E-state index is -0.842. The molecule has 1 saturated heterocycles. The van der Waals surface area contributed by atoms with Gasteiger partial charge in [-0.1, -0.05) is 46.4 Å². The van der Waals surface area contributed by atoms with Gasteiger partial charge in [0.15, 0.2) is 5.17 Å². The molecule has 7 nitrogen and oxygen atoms in total. The Morgan fingerprint density at radius 1 is 1.29 bits per heavy atom. The second-order valence-corrected chi connectivity index (χ2v) is 8.44. The Morgan fingerprint density at radius 3 is 2.38 bits per heavy atom. The molecule has 1 aliphatic heterocycles. The van der Waals surface area contributed by atoms with E-state index in [1.807, 2.05) is 25.8 Å². The number of thioether (sulfide) groups is 1. The summed E-state index contributed by atoms with van der Waals surface area (Å²) in [6.07, 6.45) is 0.402. The minimum absolute atomic E-state index is 0.162. The molecule has 0 unspecified atom stereocenters. The first-order chi connectivity index (χ1) is 11.0. The summed E-state index contributed by atoms with van der Waals surface area (Å²) in [5, 5.41) is 7.36. The summed E-state index contributed by atoms with van der Waals surface area (Å²) in [7, 11) is 1.87. The maximum Gasteiger partial charge on any atom is 0.309 e. The maximum absolute atomic E-state index is 12.4. The van der Waals surface area contributed by atoms with E-state index < -0.39 is 23.1 Å². The summed E-state index contributed by atoms with van der Waals surface area (Å²) < 4.78 is 0. The lowest BCUT2D eigenvalue weighted by Gasteiger charge is -2.24. The number of Topliss-reactive ketones (excluding diaryl/α,β-unsaturated/α-hetero) is 1. The standard InChI is InChI=1S/C16H28N4O3S/c1-10(2)9-11(17-14(23)16(3,4)5)12(21)13(22)18-19-15-20(6)7-8-24-15/h10-11H,7-9H2,1-6H3,(H,17,23)(H,18,22)/t11-/m0/s1. The van der Waals surface area contributed by atoms with Gasteiger partial charge in [-0.25, -0.2) is 5.43 Å². The van der Waals surface area contributed by atoms with E-state index in [0.717, 1.165) is 12.3 Å². The van der Waals surface area contributed by atoms with Gasteiger partial charge in [-0.05, 0) is 12.3 Å². The number of amidine groups is 1. The number of rotatable bonds is 6. The monoisotopic (exact) mass is 356 g/mol. The molecule has 1 fully saturated rings. The third-order valence-electron chi connectivity index (χ3n) is 3.47. The molecule has 24 heavy (non-hydrogen) atoms. The highest BCUT2D eigenvalue weighted by Gasteiger charge is 2.31. The first-order valence-corrected chi connectivity index (χ1v) is 9.07. The zero-order valence-corrected chi connectivity index (χ0v) is 16.1. The fraction of sp³-hybridized carbons (Fsp3) is 0.750. The van der Waals surface area contributed by atoms with Crippen molar-refractivity contribution in [2.45, 2.75) is 47.1 Å². The van der Waals surface area contributed by atoms with Gasteiger partial charge < -0.3 is 10.2 Å². The molecule has 0 aliphatic carbocycles. The van der Waals surface area contributed by atoms with E-state index in [4.69, 9.17) is 0 Å². The molecule has 0 bridgehead atoms. The van der Waals surface area contributed by atoms with Crippen molar-refractivity contribution in [1.29, 1.82) is 0 Å². The van der Waals surface area contributed by atoms with Crippen molar-refractivity contribution in [1.82, 2.24) is 15.6 Å². The van der Waals surface area contributed by atoms with Crippen molar-refractivity contribution in [3.63, 3.8) is 0 Å². The van der Waals surface area contributed by atoms with Crippen LogP contribution in [0.1, 0.15) is 41.0 Å². The van der Waals surface area contributed by atoms with Crippen LogP contribution in [0.15, 0.2) is 5.10 Å². The second-order valence-electron chi connectivity index (χ2n) is 7.38. The van der Waals surface area contributed by atoms with Crippen molar-refractivity contribution in [3.8, 4) is 0 Å². The van der Waals surface area contributed by atoms with Gasteiger partial charge in [0.2, 0.25) is 11.7 Å². The Labute approximate surface area is 148 Å². The van der Waals surface area contributed by atoms with Crippen LogP contribution in [0.4, 0.5) is 0 Å². The highest BCUT2D eigenvalue weighted by atomic mass is 32.2. The molecule has 0 aromatic carbocycles. The predicted molar refractivity (Wildman–Crippen MR) is 96.5 cm³/mol. The van der Waals surface area contributed by atoms with Crippen molar-refractivity contribution in [2.24, 2.45) is 16.4 Å². The zero-order valence-electron chi connectivity index (χ0n) is 15.3. The van der Waals surface area contributed by atoms with Gasteiger partial charge in [0.05, 0.1) is 6.04 Å². The fourth-order valence-electron chi connectivity index (χ4n) is 1.99. The number of ketones is 1. The third kappa shape index (κ3) is 6.14. The molecule has 8 heteroatoms. The Hall–Kier alpha value is -1.57. The van der Waals surface area contributed by atoms with Crippen LogP contribution in [0, 0.1) is 11.3 Å². The Morgan fingerprint density at radius 2 is 1.92 bits per heavy atom. The molecule has 1 heterocycles. The van der Waals surface area contributed by atoms with Crippen LogP contribution in [-0.2, 0) is 14.4 Å². The lowest BCUT2D eigenvalue weighted by molar-refractivity contribution is -0.141. The van der Waals surface area contributed by atoms with Gasteiger partial charge in [-0.15, -0.1) is 5.10 Å². The minimum Gasteiger partial charge on any atom is -0.352 e. The van der Waals surface area contributed by atoms with Gasteiger partial charge in [-0.3, -0.25) is 14.4 Å².